The van der Waals surface area contributed by atoms with E-state index in [1.807, 2.05) is 0 Å². The summed E-state index contributed by atoms with van der Waals surface area (Å²) in [5.74, 6) is -0.479. The Kier molecular flexibility index (Phi) is 8.70. The van der Waals surface area contributed by atoms with Gasteiger partial charge in [0.25, 0.3) is 0 Å². The maximum atomic E-state index is 12.0. The summed E-state index contributed by atoms with van der Waals surface area (Å²) in [6.07, 6.45) is 3.52. The normalized spacial score (nSPS) is 15.2. The van der Waals surface area contributed by atoms with Gasteiger partial charge in [0.15, 0.2) is 14.6 Å². The van der Waals surface area contributed by atoms with E-state index in [-0.39, 0.29) is 5.56 Å². The molecule has 0 amide bonds. The molecule has 0 saturated carbocycles. The Morgan fingerprint density at radius 3 is 2.56 bits per heavy atom. The molecule has 0 aromatic heterocycles. The molecule has 0 spiro atoms. The summed E-state index contributed by atoms with van der Waals surface area (Å²) in [6.45, 7) is 8.15. The van der Waals surface area contributed by atoms with E-state index in [2.05, 4.69) is 20.4 Å². The van der Waals surface area contributed by atoms with Gasteiger partial charge in [-0.3, -0.25) is 4.57 Å². The molecule has 1 aromatic rings. The zero-order chi connectivity index (χ0) is 18.9. The van der Waals surface area contributed by atoms with Gasteiger partial charge in [-0.15, -0.1) is 0 Å². The highest BCUT2D eigenvalue weighted by molar-refractivity contribution is 7.25. The van der Waals surface area contributed by atoms with Gasteiger partial charge in [0.2, 0.25) is 5.34 Å². The lowest BCUT2D eigenvalue weighted by Crippen LogP contribution is -2.40. The highest BCUT2D eigenvalue weighted by Crippen LogP contribution is 2.36. The molecule has 2 atom stereocenters. The van der Waals surface area contributed by atoms with Crippen molar-refractivity contribution < 1.29 is 24.3 Å². The first kappa shape index (κ1) is 21.2. The van der Waals surface area contributed by atoms with Crippen LogP contribution < -0.4 is 0 Å². The number of ether oxygens (including phenoxy) is 1. The zero-order valence-corrected chi connectivity index (χ0v) is 15.5. The minimum Gasteiger partial charge on any atom is -0.432 e. The molecule has 2 N–H and O–H groups in total. The lowest BCUT2D eigenvalue weighted by atomic mass is 10.0. The minimum absolute atomic E-state index is 0.151. The molecule has 0 bridgehead atoms. The van der Waals surface area contributed by atoms with Crippen LogP contribution in [0.1, 0.15) is 38.7 Å². The van der Waals surface area contributed by atoms with Crippen molar-refractivity contribution in [2.75, 3.05) is 0 Å². The lowest BCUT2D eigenvalue weighted by molar-refractivity contribution is -0.156. The van der Waals surface area contributed by atoms with Crippen LogP contribution in [0.25, 0.3) is 0 Å². The van der Waals surface area contributed by atoms with Crippen LogP contribution in [-0.4, -0.2) is 22.3 Å². The number of hydrogen-bond donors (Lipinski definition) is 2. The molecule has 1 aromatic carbocycles. The zero-order valence-electron chi connectivity index (χ0n) is 14.6. The molecular weight excluding hydrogens is 339 g/mol. The summed E-state index contributed by atoms with van der Waals surface area (Å²) >= 11 is 0. The van der Waals surface area contributed by atoms with E-state index < -0.39 is 25.9 Å². The Bertz CT molecular complexity index is 612. The third kappa shape index (κ3) is 6.54. The van der Waals surface area contributed by atoms with Gasteiger partial charge in [-0.2, -0.15) is 0 Å². The van der Waals surface area contributed by atoms with E-state index in [1.54, 1.807) is 24.3 Å². The number of hydrogen-bond acceptors (Lipinski definition) is 5. The van der Waals surface area contributed by atoms with Crippen molar-refractivity contribution in [3.8, 4) is 0 Å². The van der Waals surface area contributed by atoms with Crippen LogP contribution in [0, 0.1) is 5.92 Å². The van der Waals surface area contributed by atoms with E-state index in [0.29, 0.717) is 5.92 Å². The van der Waals surface area contributed by atoms with E-state index in [9.17, 15) is 19.6 Å². The van der Waals surface area contributed by atoms with Crippen molar-refractivity contribution in [3.63, 3.8) is 0 Å². The Hall–Kier alpha value is -1.81. The summed E-state index contributed by atoms with van der Waals surface area (Å²) in [5.41, 5.74) is 0.946. The Balaban J connectivity index is 2.62. The third-order valence-corrected chi connectivity index (χ3v) is 4.49. The fraction of sp³-hybridized carbons (Fsp3) is 0.421. The molecule has 25 heavy (non-hydrogen) atoms. The molecule has 0 saturated heterocycles. The van der Waals surface area contributed by atoms with Gasteiger partial charge in [0.1, 0.15) is 0 Å². The largest absolute Gasteiger partial charge is 0.432 e. The molecule has 136 valence electrons. The predicted octanol–water partition coefficient (Wildman–Crippen LogP) is 3.92. The molecule has 2 unspecified atom stereocenters. The van der Waals surface area contributed by atoms with Gasteiger partial charge in [0, 0.05) is 0 Å². The van der Waals surface area contributed by atoms with Crippen LogP contribution >= 0.6 is 8.46 Å². The number of rotatable bonds is 10. The average molecular weight is 364 g/mol. The number of carbonyl (C=O) groups is 1. The quantitative estimate of drug-likeness (QED) is 0.284. The van der Waals surface area contributed by atoms with Crippen LogP contribution in [-0.2, 0) is 19.4 Å². The molecule has 0 aliphatic rings. The van der Waals surface area contributed by atoms with Gasteiger partial charge in [-0.1, -0.05) is 62.8 Å². The fourth-order valence-corrected chi connectivity index (χ4v) is 2.65. The second-order valence-corrected chi connectivity index (χ2v) is 7.13. The summed E-state index contributed by atoms with van der Waals surface area (Å²) in [7, 11) is -0.804. The van der Waals surface area contributed by atoms with Gasteiger partial charge < -0.3 is 14.9 Å². The second kappa shape index (κ2) is 10.2. The molecule has 6 heteroatoms. The van der Waals surface area contributed by atoms with Crippen molar-refractivity contribution in [2.24, 2.45) is 5.92 Å². The molecule has 0 heterocycles. The number of esters is 1. The Morgan fingerprint density at radius 1 is 1.36 bits per heavy atom. The second-order valence-electron chi connectivity index (χ2n) is 6.27. The van der Waals surface area contributed by atoms with E-state index in [0.717, 1.165) is 31.1 Å². The SMILES string of the molecule is C=C(C=COC(=O)C(O)C(O)(P=O)c1ccccc1)CCCC(C)C. The summed E-state index contributed by atoms with van der Waals surface area (Å²) in [5, 5.41) is 18.2. The van der Waals surface area contributed by atoms with Crippen LogP contribution in [0.4, 0.5) is 0 Å². The molecule has 0 aliphatic carbocycles. The van der Waals surface area contributed by atoms with E-state index in [1.165, 1.54) is 12.1 Å². The highest BCUT2D eigenvalue weighted by Gasteiger charge is 2.44. The maximum absolute atomic E-state index is 12.0. The Morgan fingerprint density at radius 2 is 2.00 bits per heavy atom. The van der Waals surface area contributed by atoms with Crippen LogP contribution in [0.3, 0.4) is 0 Å². The lowest BCUT2D eigenvalue weighted by Gasteiger charge is -2.24. The topological polar surface area (TPSA) is 83.8 Å². The monoisotopic (exact) mass is 364 g/mol. The van der Waals surface area contributed by atoms with Gasteiger partial charge in [-0.05, 0) is 30.4 Å². The third-order valence-electron chi connectivity index (χ3n) is 3.71. The fourth-order valence-electron chi connectivity index (χ4n) is 2.19. The van der Waals surface area contributed by atoms with Crippen molar-refractivity contribution in [1.82, 2.24) is 0 Å². The molecule has 1 rings (SSSR count). The number of carbonyl (C=O) groups excluding carboxylic acids is 1. The van der Waals surface area contributed by atoms with Gasteiger partial charge >= 0.3 is 5.97 Å². The number of allylic oxidation sites excluding steroid dienone is 2. The smallest absolute Gasteiger partial charge is 0.344 e. The van der Waals surface area contributed by atoms with Gasteiger partial charge in [0.05, 0.1) is 6.26 Å². The maximum Gasteiger partial charge on any atom is 0.344 e. The molecule has 0 aliphatic heterocycles. The van der Waals surface area contributed by atoms with Crippen LogP contribution in [0.2, 0.25) is 0 Å². The Labute approximate surface area is 150 Å². The first-order chi connectivity index (χ1) is 11.8. The van der Waals surface area contributed by atoms with Crippen molar-refractivity contribution in [3.05, 3.63) is 60.4 Å². The van der Waals surface area contributed by atoms with Crippen LogP contribution in [0.15, 0.2) is 54.8 Å². The predicted molar refractivity (Wildman–Crippen MR) is 97.0 cm³/mol. The summed E-state index contributed by atoms with van der Waals surface area (Å²) in [4.78, 5) is 12.0. The van der Waals surface area contributed by atoms with Crippen molar-refractivity contribution >= 4 is 14.4 Å². The highest BCUT2D eigenvalue weighted by atomic mass is 31.1. The number of aliphatic hydroxyl groups excluding tert-OH is 1. The first-order valence-corrected chi connectivity index (χ1v) is 8.97. The summed E-state index contributed by atoms with van der Waals surface area (Å²) < 4.78 is 16.2. The molecule has 0 radical (unpaired) electrons. The van der Waals surface area contributed by atoms with Crippen molar-refractivity contribution in [1.29, 1.82) is 0 Å². The molecule has 5 nitrogen and oxygen atoms in total. The number of aliphatic hydroxyl groups is 2. The van der Waals surface area contributed by atoms with Gasteiger partial charge in [-0.25, -0.2) is 4.79 Å². The number of benzene rings is 1. The standard InChI is InChI=1S/C19H25O5P/c1-14(2)8-7-9-15(3)12-13-24-18(21)17(20)19(22,25-23)16-10-5-4-6-11-16/h4-6,10-14,17,20,22H,3,7-9H2,1-2H3. The average Bonchev–Trinajstić information content (AvgIpc) is 2.60. The summed E-state index contributed by atoms with van der Waals surface area (Å²) in [6, 6.07) is 7.83. The van der Waals surface area contributed by atoms with E-state index >= 15 is 0 Å². The first-order valence-electron chi connectivity index (χ1n) is 8.16. The van der Waals surface area contributed by atoms with Crippen molar-refractivity contribution in [2.45, 2.75) is 44.6 Å². The minimum atomic E-state index is -2.26. The molecule has 0 fully saturated rings. The molecular formula is C19H25O5P. The van der Waals surface area contributed by atoms with Crippen LogP contribution in [0.5, 0.6) is 0 Å². The van der Waals surface area contributed by atoms with E-state index in [4.69, 9.17) is 4.74 Å².